The van der Waals surface area contributed by atoms with E-state index in [0.717, 1.165) is 5.56 Å². The third-order valence-corrected chi connectivity index (χ3v) is 3.42. The molecule has 0 bridgehead atoms. The molecule has 0 atom stereocenters. The fourth-order valence-electron chi connectivity index (χ4n) is 2.39. The van der Waals surface area contributed by atoms with E-state index < -0.39 is 0 Å². The largest absolute Gasteiger partial charge is 0.316 e. The summed E-state index contributed by atoms with van der Waals surface area (Å²) in [5.41, 5.74) is 4.78. The second-order valence-corrected chi connectivity index (χ2v) is 4.66. The van der Waals surface area contributed by atoms with E-state index in [1.54, 1.807) is 0 Å². The van der Waals surface area contributed by atoms with Gasteiger partial charge in [-0.1, -0.05) is 24.3 Å². The van der Waals surface area contributed by atoms with Gasteiger partial charge in [-0.05, 0) is 50.0 Å². The fourth-order valence-corrected chi connectivity index (χ4v) is 2.39. The van der Waals surface area contributed by atoms with Crippen LogP contribution in [0.2, 0.25) is 0 Å². The third-order valence-electron chi connectivity index (χ3n) is 3.42. The van der Waals surface area contributed by atoms with E-state index in [4.69, 9.17) is 5.21 Å². The van der Waals surface area contributed by atoms with Gasteiger partial charge < -0.3 is 10.1 Å². The number of likely N-dealkylation sites (tertiary alicyclic amines) is 1. The van der Waals surface area contributed by atoms with Crippen molar-refractivity contribution in [3.05, 3.63) is 35.4 Å². The number of piperidine rings is 1. The Morgan fingerprint density at radius 2 is 2.12 bits per heavy atom. The Kier molecular flexibility index (Phi) is 3.93. The summed E-state index contributed by atoms with van der Waals surface area (Å²) < 4.78 is 0. The molecular formula is C13H20N2O. The zero-order valence-electron chi connectivity index (χ0n) is 9.82. The maximum atomic E-state index is 8.70. The number of hydrogen-bond donors (Lipinski definition) is 2. The molecule has 1 fully saturated rings. The first-order chi connectivity index (χ1) is 7.79. The van der Waals surface area contributed by atoms with Gasteiger partial charge in [0.15, 0.2) is 0 Å². The predicted molar refractivity (Wildman–Crippen MR) is 64.5 cm³/mol. The summed E-state index contributed by atoms with van der Waals surface area (Å²) in [4.78, 5) is 2.38. The van der Waals surface area contributed by atoms with E-state index in [0.29, 0.717) is 12.5 Å². The smallest absolute Gasteiger partial charge is 0.0458 e. The van der Waals surface area contributed by atoms with E-state index in [1.165, 1.54) is 31.5 Å². The molecule has 0 spiro atoms. The quantitative estimate of drug-likeness (QED) is 0.765. The van der Waals surface area contributed by atoms with Crippen LogP contribution in [0.1, 0.15) is 29.9 Å². The highest BCUT2D eigenvalue weighted by Crippen LogP contribution is 2.27. The van der Waals surface area contributed by atoms with Crippen molar-refractivity contribution in [2.45, 2.75) is 25.3 Å². The van der Waals surface area contributed by atoms with Gasteiger partial charge in [0.25, 0.3) is 0 Å². The van der Waals surface area contributed by atoms with Gasteiger partial charge in [-0.25, -0.2) is 5.48 Å². The summed E-state index contributed by atoms with van der Waals surface area (Å²) in [5, 5.41) is 8.70. The molecule has 1 aromatic carbocycles. The highest BCUT2D eigenvalue weighted by atomic mass is 16.5. The lowest BCUT2D eigenvalue weighted by atomic mass is 9.89. The first-order valence-electron chi connectivity index (χ1n) is 5.94. The van der Waals surface area contributed by atoms with Gasteiger partial charge in [-0.3, -0.25) is 0 Å². The monoisotopic (exact) mass is 220 g/mol. The molecule has 1 aliphatic rings. The number of hydrogen-bond acceptors (Lipinski definition) is 3. The minimum Gasteiger partial charge on any atom is -0.316 e. The Balaban J connectivity index is 2.05. The number of hydroxylamine groups is 1. The van der Waals surface area contributed by atoms with Crippen LogP contribution < -0.4 is 5.48 Å². The zero-order valence-corrected chi connectivity index (χ0v) is 9.82. The summed E-state index contributed by atoms with van der Waals surface area (Å²) in [6, 6.07) is 8.54. The number of rotatable bonds is 3. The molecule has 3 nitrogen and oxygen atoms in total. The van der Waals surface area contributed by atoms with Crippen molar-refractivity contribution in [3.8, 4) is 0 Å². The maximum Gasteiger partial charge on any atom is 0.0458 e. The first kappa shape index (κ1) is 11.6. The van der Waals surface area contributed by atoms with E-state index >= 15 is 0 Å². The summed E-state index contributed by atoms with van der Waals surface area (Å²) in [6.45, 7) is 2.90. The molecule has 0 radical (unpaired) electrons. The molecule has 88 valence electrons. The molecule has 2 rings (SSSR count). The zero-order chi connectivity index (χ0) is 11.4. The number of nitrogens with zero attached hydrogens (tertiary/aromatic N) is 1. The predicted octanol–water partition coefficient (Wildman–Crippen LogP) is 1.97. The van der Waals surface area contributed by atoms with Crippen LogP contribution in [0.25, 0.3) is 0 Å². The van der Waals surface area contributed by atoms with Gasteiger partial charge in [-0.15, -0.1) is 0 Å². The lowest BCUT2D eigenvalue weighted by molar-refractivity contribution is 0.161. The fraction of sp³-hybridized carbons (Fsp3) is 0.538. The molecule has 3 heteroatoms. The van der Waals surface area contributed by atoms with E-state index in [-0.39, 0.29) is 0 Å². The molecular weight excluding hydrogens is 200 g/mol. The lowest BCUT2D eigenvalue weighted by Gasteiger charge is -2.29. The van der Waals surface area contributed by atoms with Crippen LogP contribution in [0, 0.1) is 0 Å². The maximum absolute atomic E-state index is 8.70. The summed E-state index contributed by atoms with van der Waals surface area (Å²) in [6.07, 6.45) is 2.49. The Hall–Kier alpha value is -0.900. The minimum atomic E-state index is 0.528. The van der Waals surface area contributed by atoms with Gasteiger partial charge in [0.1, 0.15) is 0 Å². The van der Waals surface area contributed by atoms with Crippen LogP contribution >= 0.6 is 0 Å². The average Bonchev–Trinajstić information content (AvgIpc) is 2.31. The normalized spacial score (nSPS) is 18.9. The van der Waals surface area contributed by atoms with Crippen LogP contribution in [0.5, 0.6) is 0 Å². The molecule has 2 N–H and O–H groups in total. The molecule has 0 unspecified atom stereocenters. The lowest BCUT2D eigenvalue weighted by Crippen LogP contribution is -2.29. The van der Waals surface area contributed by atoms with Crippen molar-refractivity contribution in [1.29, 1.82) is 0 Å². The van der Waals surface area contributed by atoms with Crippen LogP contribution in [0.4, 0.5) is 0 Å². The van der Waals surface area contributed by atoms with Crippen molar-refractivity contribution < 1.29 is 5.21 Å². The molecule has 1 heterocycles. The second kappa shape index (κ2) is 5.43. The molecule has 1 aromatic rings. The van der Waals surface area contributed by atoms with Gasteiger partial charge in [0, 0.05) is 6.54 Å². The summed E-state index contributed by atoms with van der Waals surface area (Å²) >= 11 is 0. The highest BCUT2D eigenvalue weighted by Gasteiger charge is 2.18. The Labute approximate surface area is 97.0 Å². The SMILES string of the molecule is CN1CCC(c2cccc(CNO)c2)CC1. The molecule has 1 aliphatic heterocycles. The van der Waals surface area contributed by atoms with Crippen molar-refractivity contribution in [3.63, 3.8) is 0 Å². The number of nitrogens with one attached hydrogen (secondary N) is 1. The van der Waals surface area contributed by atoms with E-state index in [2.05, 4.69) is 35.6 Å². The van der Waals surface area contributed by atoms with E-state index in [9.17, 15) is 0 Å². The molecule has 0 amide bonds. The summed E-state index contributed by atoms with van der Waals surface area (Å²) in [5.74, 6) is 0.690. The standard InChI is InChI=1S/C13H20N2O/c1-15-7-5-12(6-8-15)13-4-2-3-11(9-13)10-14-16/h2-4,9,12,14,16H,5-8,10H2,1H3. The van der Waals surface area contributed by atoms with Crippen molar-refractivity contribution in [2.24, 2.45) is 0 Å². The molecule has 1 saturated heterocycles. The van der Waals surface area contributed by atoms with Crippen LogP contribution in [-0.4, -0.2) is 30.2 Å². The van der Waals surface area contributed by atoms with Crippen LogP contribution in [0.3, 0.4) is 0 Å². The van der Waals surface area contributed by atoms with Crippen molar-refractivity contribution in [1.82, 2.24) is 10.4 Å². The highest BCUT2D eigenvalue weighted by molar-refractivity contribution is 5.26. The molecule has 0 saturated carbocycles. The topological polar surface area (TPSA) is 35.5 Å². The van der Waals surface area contributed by atoms with Crippen molar-refractivity contribution in [2.75, 3.05) is 20.1 Å². The number of benzene rings is 1. The third kappa shape index (κ3) is 2.82. The van der Waals surface area contributed by atoms with Gasteiger partial charge in [0.05, 0.1) is 0 Å². The van der Waals surface area contributed by atoms with E-state index in [1.807, 2.05) is 6.07 Å². The van der Waals surface area contributed by atoms with Gasteiger partial charge >= 0.3 is 0 Å². The van der Waals surface area contributed by atoms with Crippen LogP contribution in [0.15, 0.2) is 24.3 Å². The van der Waals surface area contributed by atoms with Gasteiger partial charge in [-0.2, -0.15) is 0 Å². The molecule has 16 heavy (non-hydrogen) atoms. The Morgan fingerprint density at radius 1 is 1.38 bits per heavy atom. The minimum absolute atomic E-state index is 0.528. The Bertz CT molecular complexity index is 332. The van der Waals surface area contributed by atoms with Crippen molar-refractivity contribution >= 4 is 0 Å². The molecule has 0 aliphatic carbocycles. The average molecular weight is 220 g/mol. The second-order valence-electron chi connectivity index (χ2n) is 4.66. The molecule has 0 aromatic heterocycles. The van der Waals surface area contributed by atoms with Crippen LogP contribution in [-0.2, 0) is 6.54 Å². The first-order valence-corrected chi connectivity index (χ1v) is 5.94. The summed E-state index contributed by atoms with van der Waals surface area (Å²) in [7, 11) is 2.18. The Morgan fingerprint density at radius 3 is 2.81 bits per heavy atom. The van der Waals surface area contributed by atoms with Gasteiger partial charge in [0.2, 0.25) is 0 Å².